The average molecular weight is 477 g/mol. The van der Waals surface area contributed by atoms with E-state index in [9.17, 15) is 17.2 Å². The highest BCUT2D eigenvalue weighted by molar-refractivity contribution is 7.92. The minimum Gasteiger partial charge on any atom is -0.348 e. The lowest BCUT2D eigenvalue weighted by atomic mass is 10.1. The van der Waals surface area contributed by atoms with Gasteiger partial charge in [0.05, 0.1) is 15.8 Å². The van der Waals surface area contributed by atoms with Gasteiger partial charge in [0.15, 0.2) is 26.6 Å². The molecule has 1 fully saturated rings. The Morgan fingerprint density at radius 3 is 2.31 bits per heavy atom. The average Bonchev–Trinajstić information content (AvgIpc) is 3.18. The number of aryl methyl sites for hydroxylation is 3. The van der Waals surface area contributed by atoms with Crippen LogP contribution in [-0.2, 0) is 16.3 Å². The van der Waals surface area contributed by atoms with Crippen molar-refractivity contribution in [3.05, 3.63) is 75.3 Å². The fourth-order valence-corrected chi connectivity index (χ4v) is 7.58. The highest BCUT2D eigenvalue weighted by Gasteiger charge is 2.34. The van der Waals surface area contributed by atoms with Gasteiger partial charge in [-0.15, -0.1) is 11.3 Å². The molecule has 4 rings (SSSR count). The molecule has 0 amide bonds. The van der Waals surface area contributed by atoms with Crippen LogP contribution in [-0.4, -0.2) is 31.7 Å². The van der Waals surface area contributed by atoms with E-state index in [1.165, 1.54) is 17.4 Å². The van der Waals surface area contributed by atoms with Crippen molar-refractivity contribution in [3.8, 4) is 0 Å². The highest BCUT2D eigenvalue weighted by Crippen LogP contribution is 2.32. The SMILES string of the molecule is Cc1cc(C)c(S(=O)(=O)C2CCN(c3nc(Cc4ccc(F)c(F)c4)cs3)CC2)c(C)c1. The summed E-state index contributed by atoms with van der Waals surface area (Å²) in [7, 11) is -3.40. The van der Waals surface area contributed by atoms with Gasteiger partial charge in [-0.25, -0.2) is 22.2 Å². The van der Waals surface area contributed by atoms with Gasteiger partial charge in [-0.3, -0.25) is 0 Å². The predicted octanol–water partition coefficient (Wildman–Crippen LogP) is 5.38. The lowest BCUT2D eigenvalue weighted by molar-refractivity contribution is 0.507. The Morgan fingerprint density at radius 2 is 1.69 bits per heavy atom. The summed E-state index contributed by atoms with van der Waals surface area (Å²) in [6.07, 6.45) is 1.52. The van der Waals surface area contributed by atoms with Gasteiger partial charge in [-0.05, 0) is 62.4 Å². The van der Waals surface area contributed by atoms with E-state index in [0.717, 1.165) is 33.6 Å². The van der Waals surface area contributed by atoms with E-state index in [1.54, 1.807) is 6.07 Å². The minimum absolute atomic E-state index is 0.402. The predicted molar refractivity (Wildman–Crippen MR) is 124 cm³/mol. The van der Waals surface area contributed by atoms with Gasteiger partial charge in [-0.2, -0.15) is 0 Å². The number of sulfone groups is 1. The van der Waals surface area contributed by atoms with Crippen molar-refractivity contribution >= 4 is 26.3 Å². The van der Waals surface area contributed by atoms with Crippen LogP contribution in [0, 0.1) is 32.4 Å². The molecule has 0 saturated carbocycles. The van der Waals surface area contributed by atoms with Crippen molar-refractivity contribution in [2.45, 2.75) is 50.2 Å². The maximum Gasteiger partial charge on any atom is 0.185 e. The number of hydrogen-bond donors (Lipinski definition) is 0. The third-order valence-corrected chi connectivity index (χ3v) is 9.46. The number of anilines is 1. The largest absolute Gasteiger partial charge is 0.348 e. The van der Waals surface area contributed by atoms with Crippen LogP contribution in [0.5, 0.6) is 0 Å². The maximum absolute atomic E-state index is 13.5. The molecule has 2 heterocycles. The van der Waals surface area contributed by atoms with E-state index in [0.29, 0.717) is 42.8 Å². The zero-order valence-corrected chi connectivity index (χ0v) is 20.0. The second-order valence-corrected chi connectivity index (χ2v) is 11.5. The van der Waals surface area contributed by atoms with E-state index in [-0.39, 0.29) is 0 Å². The lowest BCUT2D eigenvalue weighted by Gasteiger charge is -2.32. The molecule has 3 aromatic rings. The third-order valence-electron chi connectivity index (χ3n) is 5.95. The fourth-order valence-electron chi connectivity index (χ4n) is 4.52. The fraction of sp³-hybridized carbons (Fsp3) is 0.375. The van der Waals surface area contributed by atoms with Gasteiger partial charge in [0, 0.05) is 24.9 Å². The summed E-state index contributed by atoms with van der Waals surface area (Å²) in [5, 5.41) is 2.35. The van der Waals surface area contributed by atoms with Crippen molar-refractivity contribution in [2.75, 3.05) is 18.0 Å². The Labute approximate surface area is 191 Å². The monoisotopic (exact) mass is 476 g/mol. The first-order valence-electron chi connectivity index (χ1n) is 10.6. The van der Waals surface area contributed by atoms with Crippen molar-refractivity contribution in [3.63, 3.8) is 0 Å². The van der Waals surface area contributed by atoms with E-state index in [1.807, 2.05) is 38.3 Å². The molecule has 0 aliphatic carbocycles. The summed E-state index contributed by atoms with van der Waals surface area (Å²) >= 11 is 1.49. The number of thiazole rings is 1. The highest BCUT2D eigenvalue weighted by atomic mass is 32.2. The van der Waals surface area contributed by atoms with Crippen LogP contribution in [0.4, 0.5) is 13.9 Å². The molecule has 1 aromatic heterocycles. The summed E-state index contributed by atoms with van der Waals surface area (Å²) in [6.45, 7) is 6.94. The van der Waals surface area contributed by atoms with Crippen LogP contribution in [0.25, 0.3) is 0 Å². The topological polar surface area (TPSA) is 50.3 Å². The minimum atomic E-state index is -3.40. The number of benzene rings is 2. The molecule has 8 heteroatoms. The quantitative estimate of drug-likeness (QED) is 0.496. The normalized spacial score (nSPS) is 15.3. The number of halogens is 2. The number of piperidine rings is 1. The van der Waals surface area contributed by atoms with Crippen LogP contribution >= 0.6 is 11.3 Å². The van der Waals surface area contributed by atoms with E-state index in [4.69, 9.17) is 0 Å². The molecule has 1 aliphatic rings. The molecule has 0 atom stereocenters. The van der Waals surface area contributed by atoms with Gasteiger partial charge in [0.2, 0.25) is 0 Å². The molecule has 0 unspecified atom stereocenters. The van der Waals surface area contributed by atoms with Crippen LogP contribution in [0.2, 0.25) is 0 Å². The second-order valence-electron chi connectivity index (χ2n) is 8.51. The zero-order valence-electron chi connectivity index (χ0n) is 18.4. The molecule has 4 nitrogen and oxygen atoms in total. The molecule has 0 bridgehead atoms. The second kappa shape index (κ2) is 8.90. The molecule has 1 saturated heterocycles. The number of nitrogens with zero attached hydrogens (tertiary/aromatic N) is 2. The summed E-state index contributed by atoms with van der Waals surface area (Å²) in [6, 6.07) is 7.74. The first-order chi connectivity index (χ1) is 15.1. The van der Waals surface area contributed by atoms with Crippen molar-refractivity contribution in [2.24, 2.45) is 0 Å². The number of hydrogen-bond acceptors (Lipinski definition) is 5. The van der Waals surface area contributed by atoms with Gasteiger partial charge >= 0.3 is 0 Å². The van der Waals surface area contributed by atoms with Crippen molar-refractivity contribution in [1.82, 2.24) is 4.98 Å². The first-order valence-corrected chi connectivity index (χ1v) is 13.0. The van der Waals surface area contributed by atoms with E-state index >= 15 is 0 Å². The van der Waals surface area contributed by atoms with E-state index < -0.39 is 26.7 Å². The van der Waals surface area contributed by atoms with Gasteiger partial charge in [0.1, 0.15) is 0 Å². The molecule has 2 aromatic carbocycles. The summed E-state index contributed by atoms with van der Waals surface area (Å²) < 4.78 is 53.3. The number of aromatic nitrogens is 1. The molecule has 32 heavy (non-hydrogen) atoms. The molecule has 170 valence electrons. The Balaban J connectivity index is 1.43. The smallest absolute Gasteiger partial charge is 0.185 e. The van der Waals surface area contributed by atoms with Crippen LogP contribution < -0.4 is 4.90 Å². The van der Waals surface area contributed by atoms with Crippen LogP contribution in [0.3, 0.4) is 0 Å². The van der Waals surface area contributed by atoms with Gasteiger partial charge < -0.3 is 4.90 Å². The molecule has 0 N–H and O–H groups in total. The first kappa shape index (κ1) is 22.9. The third kappa shape index (κ3) is 4.57. The Kier molecular flexibility index (Phi) is 6.36. The summed E-state index contributed by atoms with van der Waals surface area (Å²) in [5.41, 5.74) is 4.14. The van der Waals surface area contributed by atoms with Gasteiger partial charge in [-0.1, -0.05) is 23.8 Å². The Hall–Kier alpha value is -2.32. The van der Waals surface area contributed by atoms with Crippen molar-refractivity contribution < 1.29 is 17.2 Å². The maximum atomic E-state index is 13.5. The Bertz CT molecular complexity index is 1220. The molecule has 0 radical (unpaired) electrons. The zero-order chi connectivity index (χ0) is 23.0. The van der Waals surface area contributed by atoms with Crippen LogP contribution in [0.1, 0.15) is 40.8 Å². The van der Waals surface area contributed by atoms with Crippen molar-refractivity contribution in [1.29, 1.82) is 0 Å². The molecular formula is C24H26F2N2O2S2. The van der Waals surface area contributed by atoms with E-state index in [2.05, 4.69) is 9.88 Å². The lowest BCUT2D eigenvalue weighted by Crippen LogP contribution is -2.39. The molecule has 0 spiro atoms. The van der Waals surface area contributed by atoms with Crippen LogP contribution in [0.15, 0.2) is 40.6 Å². The molecular weight excluding hydrogens is 450 g/mol. The van der Waals surface area contributed by atoms with Gasteiger partial charge in [0.25, 0.3) is 0 Å². The summed E-state index contributed by atoms with van der Waals surface area (Å²) in [5.74, 6) is -1.72. The standard InChI is InChI=1S/C24H26F2N2O2S2/c1-15-10-16(2)23(17(3)11-15)32(29,30)20-6-8-28(9-7-20)24-27-19(14-31-24)12-18-4-5-21(25)22(26)13-18/h4-5,10-11,13-14,20H,6-9,12H2,1-3H3. The Morgan fingerprint density at radius 1 is 1.03 bits per heavy atom. The molecule has 1 aliphatic heterocycles. The number of rotatable bonds is 5. The summed E-state index contributed by atoms with van der Waals surface area (Å²) in [4.78, 5) is 7.23.